The fourth-order valence-electron chi connectivity index (χ4n) is 7.77. The first-order chi connectivity index (χ1) is 25.6. The minimum atomic E-state index is -1.10. The second kappa shape index (κ2) is 13.5. The van der Waals surface area contributed by atoms with Crippen molar-refractivity contribution in [3.63, 3.8) is 0 Å². The molecule has 2 aliphatic rings. The van der Waals surface area contributed by atoms with Gasteiger partial charge in [0.15, 0.2) is 5.82 Å². The minimum Gasteiger partial charge on any atom is -0.496 e. The zero-order chi connectivity index (χ0) is 37.0. The molecule has 7 aromatic rings. The Morgan fingerprint density at radius 1 is 0.698 bits per heavy atom. The zero-order valence-corrected chi connectivity index (χ0v) is 31.4. The summed E-state index contributed by atoms with van der Waals surface area (Å²) in [5.74, 6) is 2.06. The van der Waals surface area contributed by atoms with Gasteiger partial charge in [0.05, 0.1) is 48.1 Å². The Balaban J connectivity index is 0.000000160. The molecule has 11 nitrogen and oxygen atoms in total. The SMILES string of the molecule is COc1ccccc1C1CCn2c(=O)c3ccc(-c4cnc(C(C)(C)O)nc4)cc3n21.COc1ccccc1C1CCn2c(=O)c3ccc(Br)cc3n21. The van der Waals surface area contributed by atoms with Gasteiger partial charge in [-0.15, -0.1) is 0 Å². The first-order valence-electron chi connectivity index (χ1n) is 17.6. The van der Waals surface area contributed by atoms with Gasteiger partial charge in [-0.05, 0) is 74.7 Å². The molecule has 0 saturated carbocycles. The summed E-state index contributed by atoms with van der Waals surface area (Å²) in [7, 11) is 3.36. The highest BCUT2D eigenvalue weighted by Crippen LogP contribution is 2.38. The van der Waals surface area contributed by atoms with Gasteiger partial charge in [0.2, 0.25) is 0 Å². The van der Waals surface area contributed by atoms with Gasteiger partial charge in [-0.3, -0.25) is 19.0 Å². The molecule has 2 atom stereocenters. The van der Waals surface area contributed by atoms with Crippen molar-refractivity contribution in [2.24, 2.45) is 0 Å². The van der Waals surface area contributed by atoms with Crippen molar-refractivity contribution in [3.8, 4) is 22.6 Å². The fraction of sp³-hybridized carbons (Fsp3) is 0.268. The number of nitrogens with zero attached hydrogens (tertiary/aromatic N) is 6. The molecule has 0 saturated heterocycles. The average Bonchev–Trinajstić information content (AvgIpc) is 3.94. The zero-order valence-electron chi connectivity index (χ0n) is 29.9. The number of ether oxygens (including phenoxy) is 2. The van der Waals surface area contributed by atoms with Gasteiger partial charge in [0, 0.05) is 46.6 Å². The molecule has 5 heterocycles. The molecule has 0 radical (unpaired) electrons. The number of para-hydroxylation sites is 2. The van der Waals surface area contributed by atoms with Crippen LogP contribution in [-0.2, 0) is 18.7 Å². The van der Waals surface area contributed by atoms with E-state index in [1.165, 1.54) is 0 Å². The Morgan fingerprint density at radius 2 is 1.19 bits per heavy atom. The van der Waals surface area contributed by atoms with Crippen LogP contribution in [0.1, 0.15) is 55.7 Å². The van der Waals surface area contributed by atoms with Crippen LogP contribution in [0.25, 0.3) is 32.9 Å². The van der Waals surface area contributed by atoms with E-state index in [4.69, 9.17) is 9.47 Å². The molecular weight excluding hydrogens is 736 g/mol. The number of rotatable bonds is 6. The van der Waals surface area contributed by atoms with Gasteiger partial charge >= 0.3 is 0 Å². The maximum Gasteiger partial charge on any atom is 0.274 e. The van der Waals surface area contributed by atoms with E-state index < -0.39 is 5.60 Å². The van der Waals surface area contributed by atoms with Gasteiger partial charge in [-0.1, -0.05) is 58.4 Å². The smallest absolute Gasteiger partial charge is 0.274 e. The Hall–Kier alpha value is -5.46. The van der Waals surface area contributed by atoms with Crippen LogP contribution in [0.3, 0.4) is 0 Å². The lowest BCUT2D eigenvalue weighted by atomic mass is 10.0. The van der Waals surface area contributed by atoms with Gasteiger partial charge in [-0.25, -0.2) is 19.3 Å². The molecule has 53 heavy (non-hydrogen) atoms. The average molecular weight is 776 g/mol. The van der Waals surface area contributed by atoms with Crippen molar-refractivity contribution in [1.29, 1.82) is 0 Å². The Labute approximate surface area is 313 Å². The number of aliphatic hydroxyl groups is 1. The number of benzene rings is 4. The lowest BCUT2D eigenvalue weighted by Crippen LogP contribution is -2.19. The highest BCUT2D eigenvalue weighted by Gasteiger charge is 2.31. The monoisotopic (exact) mass is 774 g/mol. The minimum absolute atomic E-state index is 0.0189. The maximum atomic E-state index is 13.0. The molecule has 0 amide bonds. The largest absolute Gasteiger partial charge is 0.496 e. The summed E-state index contributed by atoms with van der Waals surface area (Å²) in [6.45, 7) is 4.70. The molecule has 0 spiro atoms. The molecule has 1 N–H and O–H groups in total. The van der Waals surface area contributed by atoms with Crippen LogP contribution in [-0.4, -0.2) is 48.0 Å². The third-order valence-electron chi connectivity index (χ3n) is 10.2. The van der Waals surface area contributed by atoms with Crippen LogP contribution in [0.5, 0.6) is 11.5 Å². The van der Waals surface area contributed by atoms with Crippen LogP contribution < -0.4 is 20.6 Å². The van der Waals surface area contributed by atoms with E-state index >= 15 is 0 Å². The molecule has 270 valence electrons. The predicted molar refractivity (Wildman–Crippen MR) is 208 cm³/mol. The van der Waals surface area contributed by atoms with Crippen LogP contribution in [0.15, 0.2) is 111 Å². The molecule has 9 rings (SSSR count). The molecule has 0 fully saturated rings. The summed E-state index contributed by atoms with van der Waals surface area (Å²) < 4.78 is 19.9. The van der Waals surface area contributed by atoms with Gasteiger partial charge < -0.3 is 14.6 Å². The number of methoxy groups -OCH3 is 2. The van der Waals surface area contributed by atoms with Crippen molar-refractivity contribution in [2.75, 3.05) is 14.2 Å². The van der Waals surface area contributed by atoms with E-state index in [1.807, 2.05) is 82.2 Å². The third-order valence-corrected chi connectivity index (χ3v) is 10.7. The maximum absolute atomic E-state index is 13.0. The summed E-state index contributed by atoms with van der Waals surface area (Å²) in [4.78, 5) is 34.2. The number of hydrogen-bond acceptors (Lipinski definition) is 7. The highest BCUT2D eigenvalue weighted by molar-refractivity contribution is 9.10. The lowest BCUT2D eigenvalue weighted by molar-refractivity contribution is 0.0687. The normalized spacial score (nSPS) is 16.3. The Bertz CT molecular complexity index is 2610. The van der Waals surface area contributed by atoms with Crippen molar-refractivity contribution in [3.05, 3.63) is 139 Å². The third kappa shape index (κ3) is 5.95. The van der Waals surface area contributed by atoms with E-state index in [9.17, 15) is 14.7 Å². The molecule has 2 aliphatic heterocycles. The van der Waals surface area contributed by atoms with Crippen molar-refractivity contribution in [1.82, 2.24) is 28.7 Å². The molecule has 0 bridgehead atoms. The quantitative estimate of drug-likeness (QED) is 0.192. The van der Waals surface area contributed by atoms with Crippen LogP contribution in [0, 0.1) is 0 Å². The summed E-state index contributed by atoms with van der Waals surface area (Å²) in [5.41, 5.74) is 4.78. The molecule has 4 aromatic carbocycles. The second-order valence-corrected chi connectivity index (χ2v) is 14.8. The van der Waals surface area contributed by atoms with Gasteiger partial charge in [0.1, 0.15) is 17.1 Å². The predicted octanol–water partition coefficient (Wildman–Crippen LogP) is 7.06. The first-order valence-corrected chi connectivity index (χ1v) is 18.3. The summed E-state index contributed by atoms with van der Waals surface area (Å²) in [6.07, 6.45) is 5.15. The van der Waals surface area contributed by atoms with Crippen LogP contribution >= 0.6 is 15.9 Å². The Kier molecular flexibility index (Phi) is 8.82. The van der Waals surface area contributed by atoms with Crippen molar-refractivity contribution in [2.45, 2.75) is 57.5 Å². The van der Waals surface area contributed by atoms with E-state index in [-0.39, 0.29) is 23.2 Å². The van der Waals surface area contributed by atoms with Crippen LogP contribution in [0.2, 0.25) is 0 Å². The molecule has 2 unspecified atom stereocenters. The second-order valence-electron chi connectivity index (χ2n) is 13.9. The van der Waals surface area contributed by atoms with Gasteiger partial charge in [-0.2, -0.15) is 0 Å². The number of fused-ring (bicyclic) bond motifs is 6. The molecular formula is C41H39BrN6O5. The molecule has 3 aromatic heterocycles. The first kappa shape index (κ1) is 34.6. The lowest BCUT2D eigenvalue weighted by Gasteiger charge is -2.18. The number of halogens is 1. The van der Waals surface area contributed by atoms with E-state index in [0.29, 0.717) is 17.8 Å². The van der Waals surface area contributed by atoms with Gasteiger partial charge in [0.25, 0.3) is 11.1 Å². The summed E-state index contributed by atoms with van der Waals surface area (Å²) >= 11 is 3.50. The number of aromatic nitrogens is 6. The van der Waals surface area contributed by atoms with E-state index in [2.05, 4.69) is 47.4 Å². The standard InChI is InChI=1S/C24H24N4O3.C17H15BrN2O2/c1-24(2,30)23-25-13-16(14-26-23)15-8-9-18-20(12-15)28-19(10-11-27(28)22(18)29)17-6-4-5-7-21(17)31-3;1-22-16-5-3-2-4-12(16)14-8-9-19-17(21)13-7-6-11(18)10-15(13)20(14)19/h4-9,12-14,19,30H,10-11H2,1-3H3;2-7,10,14H,8-9H2,1H3. The summed E-state index contributed by atoms with van der Waals surface area (Å²) in [6, 6.07) is 27.8. The highest BCUT2D eigenvalue weighted by atomic mass is 79.9. The van der Waals surface area contributed by atoms with E-state index in [0.717, 1.165) is 74.0 Å². The fourth-order valence-corrected chi connectivity index (χ4v) is 8.12. The number of hydrogen-bond donors (Lipinski definition) is 1. The Morgan fingerprint density at radius 3 is 1.70 bits per heavy atom. The molecule has 12 heteroatoms. The topological polar surface area (TPSA) is 118 Å². The van der Waals surface area contributed by atoms with E-state index in [1.54, 1.807) is 40.5 Å². The van der Waals surface area contributed by atoms with Crippen molar-refractivity contribution >= 4 is 37.7 Å². The van der Waals surface area contributed by atoms with Crippen LogP contribution in [0.4, 0.5) is 0 Å². The summed E-state index contributed by atoms with van der Waals surface area (Å²) in [5, 5.41) is 11.6. The van der Waals surface area contributed by atoms with Crippen molar-refractivity contribution < 1.29 is 14.6 Å². The molecule has 0 aliphatic carbocycles.